The van der Waals surface area contributed by atoms with Crippen molar-refractivity contribution in [3.8, 4) is 16.9 Å². The summed E-state index contributed by atoms with van der Waals surface area (Å²) in [5, 5.41) is 6.09. The van der Waals surface area contributed by atoms with Gasteiger partial charge >= 0.3 is 0 Å². The summed E-state index contributed by atoms with van der Waals surface area (Å²) in [5.74, 6) is -1.82. The number of alkyl halides is 1. The van der Waals surface area contributed by atoms with Gasteiger partial charge < -0.3 is 20.3 Å². The molecule has 1 aliphatic carbocycles. The largest absolute Gasteiger partial charge is 0.484 e. The standard InChI is InChI=1S/C31H35ClFN3O5/c1-17-14-34-29(39)22(17)12-24(25(37)13-33)35-30(40)28-27-23(31(27,2)3)15-36(28)26(38)16-41-21-6-4-5-19(11-21)18-7-9-20(32)10-8-18/h4-11,17,22-24,27-28H,12-16H2,1-3H3,(H,34,39)(H,35,40)/t17?,22-,23+,24+,27+,28?/m1/s1. The van der Waals surface area contributed by atoms with E-state index in [4.69, 9.17) is 16.3 Å². The number of amides is 3. The maximum Gasteiger partial charge on any atom is 0.261 e. The molecule has 218 valence electrons. The van der Waals surface area contributed by atoms with Crippen molar-refractivity contribution in [1.82, 2.24) is 15.5 Å². The van der Waals surface area contributed by atoms with E-state index in [9.17, 15) is 23.6 Å². The molecule has 5 rings (SSSR count). The Morgan fingerprint density at radius 2 is 1.90 bits per heavy atom. The second-order valence-corrected chi connectivity index (χ2v) is 12.4. The van der Waals surface area contributed by atoms with E-state index in [1.54, 1.807) is 18.2 Å². The third-order valence-corrected chi connectivity index (χ3v) is 9.37. The van der Waals surface area contributed by atoms with Gasteiger partial charge in [-0.15, -0.1) is 0 Å². The number of benzene rings is 2. The number of nitrogens with zero attached hydrogens (tertiary/aromatic N) is 1. The molecule has 2 unspecified atom stereocenters. The van der Waals surface area contributed by atoms with Crippen LogP contribution in [0.3, 0.4) is 0 Å². The Morgan fingerprint density at radius 3 is 2.56 bits per heavy atom. The molecule has 0 aromatic heterocycles. The molecular weight excluding hydrogens is 549 g/mol. The number of carbonyl (C=O) groups is 4. The van der Waals surface area contributed by atoms with Crippen molar-refractivity contribution in [3.05, 3.63) is 53.6 Å². The Hall–Kier alpha value is -3.46. The van der Waals surface area contributed by atoms with Crippen molar-refractivity contribution in [3.63, 3.8) is 0 Å². The van der Waals surface area contributed by atoms with Gasteiger partial charge in [0.2, 0.25) is 11.8 Å². The summed E-state index contributed by atoms with van der Waals surface area (Å²) in [6.45, 7) is 5.34. The topological polar surface area (TPSA) is 105 Å². The van der Waals surface area contributed by atoms with Crippen molar-refractivity contribution >= 4 is 35.1 Å². The van der Waals surface area contributed by atoms with Crippen molar-refractivity contribution in [2.24, 2.45) is 29.1 Å². The van der Waals surface area contributed by atoms with Crippen LogP contribution in [0.15, 0.2) is 48.5 Å². The molecule has 2 saturated heterocycles. The lowest BCUT2D eigenvalue weighted by atomic mass is 9.89. The van der Waals surface area contributed by atoms with Crippen LogP contribution < -0.4 is 15.4 Å². The van der Waals surface area contributed by atoms with Crippen LogP contribution in [-0.4, -0.2) is 66.9 Å². The molecule has 3 aliphatic rings. The molecule has 0 bridgehead atoms. The number of hydrogen-bond acceptors (Lipinski definition) is 5. The fourth-order valence-corrected chi connectivity index (χ4v) is 6.61. The second kappa shape index (κ2) is 11.4. The Morgan fingerprint density at radius 1 is 1.17 bits per heavy atom. The van der Waals surface area contributed by atoms with Crippen LogP contribution in [0.2, 0.25) is 5.02 Å². The summed E-state index contributed by atoms with van der Waals surface area (Å²) in [5.41, 5.74) is 1.71. The average Bonchev–Trinajstić information content (AvgIpc) is 3.25. The van der Waals surface area contributed by atoms with Gasteiger partial charge in [-0.3, -0.25) is 19.2 Å². The monoisotopic (exact) mass is 583 g/mol. The quantitative estimate of drug-likeness (QED) is 0.444. The summed E-state index contributed by atoms with van der Waals surface area (Å²) in [4.78, 5) is 53.2. The molecule has 1 saturated carbocycles. The first-order valence-electron chi connectivity index (χ1n) is 14.0. The lowest BCUT2D eigenvalue weighted by Gasteiger charge is -2.31. The molecule has 8 nitrogen and oxygen atoms in total. The number of Topliss-reactive ketones (excluding diaryl/α,β-unsaturated/α-hetero) is 1. The van der Waals surface area contributed by atoms with E-state index in [1.807, 2.05) is 37.3 Å². The molecule has 2 aromatic rings. The number of likely N-dealkylation sites (tertiary alicyclic amines) is 1. The zero-order valence-corrected chi connectivity index (χ0v) is 24.1. The molecule has 0 spiro atoms. The van der Waals surface area contributed by atoms with Crippen molar-refractivity contribution in [2.45, 2.75) is 39.3 Å². The van der Waals surface area contributed by atoms with Gasteiger partial charge in [0.25, 0.3) is 5.91 Å². The number of fused-ring (bicyclic) bond motifs is 1. The number of halogens is 2. The predicted molar refractivity (Wildman–Crippen MR) is 152 cm³/mol. The number of piperidine rings is 1. The highest BCUT2D eigenvalue weighted by Crippen LogP contribution is 2.64. The van der Waals surface area contributed by atoms with Gasteiger partial charge in [-0.05, 0) is 65.0 Å². The van der Waals surface area contributed by atoms with Crippen LogP contribution in [0.1, 0.15) is 27.2 Å². The molecular formula is C31H35ClFN3O5. The Labute approximate surface area is 243 Å². The van der Waals surface area contributed by atoms with Crippen LogP contribution in [0.4, 0.5) is 4.39 Å². The Bertz CT molecular complexity index is 1350. The van der Waals surface area contributed by atoms with E-state index in [1.165, 1.54) is 4.90 Å². The minimum absolute atomic E-state index is 0.0206. The van der Waals surface area contributed by atoms with Crippen molar-refractivity contribution in [2.75, 3.05) is 26.4 Å². The number of nitrogens with one attached hydrogen (secondary N) is 2. The smallest absolute Gasteiger partial charge is 0.261 e. The molecule has 2 aliphatic heterocycles. The van der Waals surface area contributed by atoms with E-state index in [-0.39, 0.29) is 48.0 Å². The SMILES string of the molecule is CC1CNC(=O)[C@@H]1C[C@H](NC(=O)C1[C@@H]2[C@H](CN1C(=O)COc1cccc(-c3ccc(Cl)cc3)c1)C2(C)C)C(=O)CF. The lowest BCUT2D eigenvalue weighted by molar-refractivity contribution is -0.142. The molecule has 6 atom stereocenters. The van der Waals surface area contributed by atoms with Crippen LogP contribution in [-0.2, 0) is 19.2 Å². The zero-order chi connectivity index (χ0) is 29.5. The average molecular weight is 584 g/mol. The van der Waals surface area contributed by atoms with E-state index < -0.39 is 36.4 Å². The van der Waals surface area contributed by atoms with E-state index >= 15 is 0 Å². The first-order valence-corrected chi connectivity index (χ1v) is 14.3. The van der Waals surface area contributed by atoms with Gasteiger partial charge in [0.15, 0.2) is 12.4 Å². The predicted octanol–water partition coefficient (Wildman–Crippen LogP) is 3.66. The molecule has 2 aromatic carbocycles. The maximum absolute atomic E-state index is 13.6. The third-order valence-electron chi connectivity index (χ3n) is 9.12. The van der Waals surface area contributed by atoms with Crippen LogP contribution in [0, 0.1) is 29.1 Å². The first-order chi connectivity index (χ1) is 19.5. The van der Waals surface area contributed by atoms with E-state index in [0.29, 0.717) is 23.9 Å². The Balaban J connectivity index is 1.27. The summed E-state index contributed by atoms with van der Waals surface area (Å²) >= 11 is 6.00. The summed E-state index contributed by atoms with van der Waals surface area (Å²) in [7, 11) is 0. The minimum Gasteiger partial charge on any atom is -0.484 e. The number of rotatable bonds is 10. The molecule has 10 heteroatoms. The molecule has 41 heavy (non-hydrogen) atoms. The van der Waals surface area contributed by atoms with E-state index in [0.717, 1.165) is 11.1 Å². The van der Waals surface area contributed by atoms with Crippen molar-refractivity contribution in [1.29, 1.82) is 0 Å². The molecule has 0 radical (unpaired) electrons. The van der Waals surface area contributed by atoms with Crippen molar-refractivity contribution < 1.29 is 28.3 Å². The molecule has 2 N–H and O–H groups in total. The summed E-state index contributed by atoms with van der Waals surface area (Å²) in [6.07, 6.45) is 0.0206. The van der Waals surface area contributed by atoms with Gasteiger partial charge in [-0.25, -0.2) is 4.39 Å². The third kappa shape index (κ3) is 5.82. The number of ketones is 1. The molecule has 2 heterocycles. The van der Waals surface area contributed by atoms with Crippen LogP contribution in [0.5, 0.6) is 5.75 Å². The van der Waals surface area contributed by atoms with Gasteiger partial charge in [0.05, 0.1) is 6.04 Å². The highest BCUT2D eigenvalue weighted by atomic mass is 35.5. The van der Waals surface area contributed by atoms with Gasteiger partial charge in [-0.2, -0.15) is 0 Å². The van der Waals surface area contributed by atoms with E-state index in [2.05, 4.69) is 24.5 Å². The zero-order valence-electron chi connectivity index (χ0n) is 23.4. The van der Waals surface area contributed by atoms with Crippen LogP contribution in [0.25, 0.3) is 11.1 Å². The molecule has 3 fully saturated rings. The molecule has 3 amide bonds. The van der Waals surface area contributed by atoms with Gasteiger partial charge in [-0.1, -0.05) is 56.6 Å². The maximum atomic E-state index is 13.6. The second-order valence-electron chi connectivity index (χ2n) is 12.0. The first kappa shape index (κ1) is 29.0. The summed E-state index contributed by atoms with van der Waals surface area (Å²) in [6, 6.07) is 12.8. The van der Waals surface area contributed by atoms with Gasteiger partial charge in [0.1, 0.15) is 18.5 Å². The fraction of sp³-hybridized carbons (Fsp3) is 0.484. The number of hydrogen-bond donors (Lipinski definition) is 2. The van der Waals surface area contributed by atoms with Gasteiger partial charge in [0, 0.05) is 24.0 Å². The highest BCUT2D eigenvalue weighted by Gasteiger charge is 2.69. The van der Waals surface area contributed by atoms with Crippen LogP contribution >= 0.6 is 11.6 Å². The lowest BCUT2D eigenvalue weighted by Crippen LogP contribution is -2.55. The highest BCUT2D eigenvalue weighted by molar-refractivity contribution is 6.30. The number of carbonyl (C=O) groups excluding carboxylic acids is 4. The number of ether oxygens (including phenoxy) is 1. The minimum atomic E-state index is -1.25. The normalized spacial score (nSPS) is 26.6. The fourth-order valence-electron chi connectivity index (χ4n) is 6.49. The Kier molecular flexibility index (Phi) is 8.10. The summed E-state index contributed by atoms with van der Waals surface area (Å²) < 4.78 is 19.3.